The van der Waals surface area contributed by atoms with Gasteiger partial charge >= 0.3 is 5.97 Å². The van der Waals surface area contributed by atoms with Crippen molar-refractivity contribution in [3.05, 3.63) is 28.2 Å². The lowest BCUT2D eigenvalue weighted by molar-refractivity contribution is -0.151. The van der Waals surface area contributed by atoms with Gasteiger partial charge in [0, 0.05) is 16.1 Å². The quantitative estimate of drug-likeness (QED) is 0.718. The summed E-state index contributed by atoms with van der Waals surface area (Å²) >= 11 is 3.47. The molecule has 1 N–H and O–H groups in total. The third-order valence-electron chi connectivity index (χ3n) is 3.24. The highest BCUT2D eigenvalue weighted by Crippen LogP contribution is 2.29. The molecule has 5 heteroatoms. The number of ether oxygens (including phenoxy) is 2. The first-order valence-corrected chi connectivity index (χ1v) is 8.12. The molecule has 0 bridgehead atoms. The van der Waals surface area contributed by atoms with Gasteiger partial charge in [0.25, 0.3) is 0 Å². The van der Waals surface area contributed by atoms with E-state index in [0.717, 1.165) is 16.5 Å². The van der Waals surface area contributed by atoms with Crippen molar-refractivity contribution < 1.29 is 14.3 Å². The summed E-state index contributed by atoms with van der Waals surface area (Å²) in [6.45, 7) is 6.24. The van der Waals surface area contributed by atoms with Gasteiger partial charge < -0.3 is 14.8 Å². The van der Waals surface area contributed by atoms with Crippen LogP contribution in [0.15, 0.2) is 22.7 Å². The normalized spacial score (nSPS) is 13.6. The van der Waals surface area contributed by atoms with E-state index in [2.05, 4.69) is 21.2 Å². The molecule has 0 radical (unpaired) electrons. The zero-order chi connectivity index (χ0) is 15.8. The van der Waals surface area contributed by atoms with Crippen LogP contribution < -0.4 is 10.1 Å². The van der Waals surface area contributed by atoms with E-state index in [1.54, 1.807) is 6.92 Å². The molecule has 4 nitrogen and oxygen atoms in total. The second-order valence-corrected chi connectivity index (χ2v) is 5.76. The van der Waals surface area contributed by atoms with Crippen LogP contribution in [0, 0.1) is 0 Å². The molecule has 0 aliphatic carbocycles. The molecule has 0 aliphatic heterocycles. The summed E-state index contributed by atoms with van der Waals surface area (Å²) in [5, 5.41) is 3.19. The van der Waals surface area contributed by atoms with E-state index in [-0.39, 0.29) is 12.0 Å². The average molecular weight is 358 g/mol. The number of carbonyl (C=O) groups excluding carboxylic acids is 1. The summed E-state index contributed by atoms with van der Waals surface area (Å²) in [7, 11) is 1.89. The Labute approximate surface area is 135 Å². The largest absolute Gasteiger partial charge is 0.478 e. The van der Waals surface area contributed by atoms with Gasteiger partial charge in [0.1, 0.15) is 5.75 Å². The minimum atomic E-state index is -0.557. The number of hydrogen-bond acceptors (Lipinski definition) is 4. The molecule has 0 spiro atoms. The summed E-state index contributed by atoms with van der Waals surface area (Å²) in [5.41, 5.74) is 1.01. The van der Waals surface area contributed by atoms with Crippen LogP contribution in [0.2, 0.25) is 0 Å². The first-order chi connectivity index (χ1) is 10.0. The number of benzene rings is 1. The van der Waals surface area contributed by atoms with E-state index in [1.165, 1.54) is 0 Å². The Hall–Kier alpha value is -1.07. The van der Waals surface area contributed by atoms with Crippen molar-refractivity contribution in [1.82, 2.24) is 5.32 Å². The molecule has 0 saturated carbocycles. The van der Waals surface area contributed by atoms with Crippen LogP contribution in [0.4, 0.5) is 0 Å². The molecule has 1 rings (SSSR count). The minimum absolute atomic E-state index is 0.127. The van der Waals surface area contributed by atoms with Crippen molar-refractivity contribution in [3.8, 4) is 5.75 Å². The van der Waals surface area contributed by atoms with Crippen LogP contribution in [0.1, 0.15) is 45.2 Å². The van der Waals surface area contributed by atoms with Gasteiger partial charge in [-0.2, -0.15) is 0 Å². The molecule has 0 amide bonds. The molecule has 0 saturated heterocycles. The first-order valence-electron chi connectivity index (χ1n) is 7.33. The molecule has 0 aromatic heterocycles. The highest BCUT2D eigenvalue weighted by molar-refractivity contribution is 9.10. The fourth-order valence-electron chi connectivity index (χ4n) is 2.00. The number of carbonyl (C=O) groups is 1. The Morgan fingerprint density at radius 3 is 2.67 bits per heavy atom. The fraction of sp³-hybridized carbons (Fsp3) is 0.562. The van der Waals surface area contributed by atoms with Gasteiger partial charge in [-0.25, -0.2) is 4.79 Å². The van der Waals surface area contributed by atoms with Crippen LogP contribution >= 0.6 is 15.9 Å². The molecular formula is C16H24BrNO3. The maximum Gasteiger partial charge on any atom is 0.347 e. The van der Waals surface area contributed by atoms with Gasteiger partial charge in [-0.05, 0) is 45.5 Å². The lowest BCUT2D eigenvalue weighted by Gasteiger charge is -2.21. The lowest BCUT2D eigenvalue weighted by Crippen LogP contribution is -2.30. The van der Waals surface area contributed by atoms with E-state index in [1.807, 2.05) is 39.1 Å². The topological polar surface area (TPSA) is 47.6 Å². The Kier molecular flexibility index (Phi) is 7.75. The maximum absolute atomic E-state index is 12.0. The van der Waals surface area contributed by atoms with E-state index in [0.29, 0.717) is 18.8 Å². The summed E-state index contributed by atoms with van der Waals surface area (Å²) in [5.74, 6) is 0.414. The smallest absolute Gasteiger partial charge is 0.347 e. The molecule has 0 aliphatic rings. The molecule has 118 valence electrons. The molecular weight excluding hydrogens is 334 g/mol. The van der Waals surface area contributed by atoms with Crippen molar-refractivity contribution in [1.29, 1.82) is 0 Å². The van der Waals surface area contributed by atoms with Gasteiger partial charge in [-0.3, -0.25) is 0 Å². The third-order valence-corrected chi connectivity index (χ3v) is 3.73. The van der Waals surface area contributed by atoms with Crippen molar-refractivity contribution >= 4 is 21.9 Å². The molecule has 0 fully saturated rings. The van der Waals surface area contributed by atoms with E-state index in [4.69, 9.17) is 9.47 Å². The van der Waals surface area contributed by atoms with Crippen molar-refractivity contribution in [2.24, 2.45) is 0 Å². The zero-order valence-corrected chi connectivity index (χ0v) is 14.7. The predicted molar refractivity (Wildman–Crippen MR) is 87.6 cm³/mol. The second kappa shape index (κ2) is 9.05. The zero-order valence-electron chi connectivity index (χ0n) is 13.1. The first kappa shape index (κ1) is 18.0. The van der Waals surface area contributed by atoms with Crippen LogP contribution in [-0.2, 0) is 9.53 Å². The number of nitrogens with one attached hydrogen (secondary N) is 1. The number of hydrogen-bond donors (Lipinski definition) is 1. The highest BCUT2D eigenvalue weighted by atomic mass is 79.9. The molecule has 1 aromatic carbocycles. The van der Waals surface area contributed by atoms with Gasteiger partial charge in [-0.1, -0.05) is 29.3 Å². The van der Waals surface area contributed by atoms with Crippen LogP contribution in [0.25, 0.3) is 0 Å². The molecule has 0 heterocycles. The van der Waals surface area contributed by atoms with E-state index >= 15 is 0 Å². The Bertz CT molecular complexity index is 465. The minimum Gasteiger partial charge on any atom is -0.478 e. The Balaban J connectivity index is 2.99. The lowest BCUT2D eigenvalue weighted by atomic mass is 10.1. The van der Waals surface area contributed by atoms with Crippen molar-refractivity contribution in [2.45, 2.75) is 45.8 Å². The third kappa shape index (κ3) is 5.32. The number of esters is 1. The second-order valence-electron chi connectivity index (χ2n) is 4.84. The molecule has 2 atom stereocenters. The number of halogens is 1. The predicted octanol–water partition coefficient (Wildman–Crippen LogP) is 3.84. The summed E-state index contributed by atoms with van der Waals surface area (Å²) in [6.07, 6.45) is 0.943. The van der Waals surface area contributed by atoms with Gasteiger partial charge in [0.2, 0.25) is 0 Å². The monoisotopic (exact) mass is 357 g/mol. The molecule has 2 unspecified atom stereocenters. The van der Waals surface area contributed by atoms with E-state index < -0.39 is 6.10 Å². The molecule has 21 heavy (non-hydrogen) atoms. The average Bonchev–Trinajstić information content (AvgIpc) is 2.47. The maximum atomic E-state index is 12.0. The molecule has 1 aromatic rings. The van der Waals surface area contributed by atoms with Gasteiger partial charge in [0.05, 0.1) is 6.61 Å². The fourth-order valence-corrected chi connectivity index (χ4v) is 2.37. The van der Waals surface area contributed by atoms with Crippen molar-refractivity contribution in [3.63, 3.8) is 0 Å². The van der Waals surface area contributed by atoms with E-state index in [9.17, 15) is 4.79 Å². The summed E-state index contributed by atoms with van der Waals surface area (Å²) < 4.78 is 12.0. The Morgan fingerprint density at radius 2 is 2.10 bits per heavy atom. The number of rotatable bonds is 8. The van der Waals surface area contributed by atoms with Gasteiger partial charge in [-0.15, -0.1) is 0 Å². The van der Waals surface area contributed by atoms with Crippen LogP contribution in [-0.4, -0.2) is 25.7 Å². The summed E-state index contributed by atoms with van der Waals surface area (Å²) in [4.78, 5) is 12.0. The SMILES string of the molecule is CCCC(Oc1ccc(Br)cc1C(C)NC)C(=O)OCC. The standard InChI is InChI=1S/C16H24BrNO3/c1-5-7-15(16(19)20-6-2)21-14-9-8-12(17)10-13(14)11(3)18-4/h8-11,15,18H,5-7H2,1-4H3. The van der Waals surface area contributed by atoms with Crippen molar-refractivity contribution in [2.75, 3.05) is 13.7 Å². The highest BCUT2D eigenvalue weighted by Gasteiger charge is 2.23. The van der Waals surface area contributed by atoms with Gasteiger partial charge in [0.15, 0.2) is 6.10 Å². The van der Waals surface area contributed by atoms with Crippen LogP contribution in [0.3, 0.4) is 0 Å². The Morgan fingerprint density at radius 1 is 1.38 bits per heavy atom. The summed E-state index contributed by atoms with van der Waals surface area (Å²) in [6, 6.07) is 5.93. The van der Waals surface area contributed by atoms with Crippen LogP contribution in [0.5, 0.6) is 5.75 Å².